The predicted octanol–water partition coefficient (Wildman–Crippen LogP) is 2.50. The smallest absolute Gasteiger partial charge is 0.407 e. The van der Waals surface area contributed by atoms with E-state index >= 15 is 0 Å². The molecule has 0 radical (unpaired) electrons. The van der Waals surface area contributed by atoms with Crippen molar-refractivity contribution < 1.29 is 23.1 Å². The van der Waals surface area contributed by atoms with Gasteiger partial charge in [-0.15, -0.1) is 0 Å². The zero-order chi connectivity index (χ0) is 20.8. The molecule has 2 aromatic rings. The first-order valence-electron chi connectivity index (χ1n) is 9.44. The Kier molecular flexibility index (Phi) is 4.85. The van der Waals surface area contributed by atoms with Crippen molar-refractivity contribution in [2.75, 3.05) is 6.26 Å². The van der Waals surface area contributed by atoms with Crippen molar-refractivity contribution in [3.8, 4) is 16.9 Å². The summed E-state index contributed by atoms with van der Waals surface area (Å²) in [6.45, 7) is 0. The van der Waals surface area contributed by atoms with Crippen molar-refractivity contribution in [3.05, 3.63) is 46.9 Å². The van der Waals surface area contributed by atoms with Gasteiger partial charge in [-0.3, -0.25) is 4.79 Å². The van der Waals surface area contributed by atoms with Gasteiger partial charge < -0.3 is 19.7 Å². The number of aromatic amines is 1. The van der Waals surface area contributed by atoms with Gasteiger partial charge in [0.15, 0.2) is 9.84 Å². The molecule has 2 atom stereocenters. The molecule has 8 nitrogen and oxygen atoms in total. The van der Waals surface area contributed by atoms with E-state index in [1.54, 1.807) is 18.2 Å². The number of aromatic nitrogens is 1. The molecule has 2 unspecified atom stereocenters. The van der Waals surface area contributed by atoms with Crippen LogP contribution >= 0.6 is 0 Å². The van der Waals surface area contributed by atoms with E-state index in [0.717, 1.165) is 19.1 Å². The molecule has 2 N–H and O–H groups in total. The van der Waals surface area contributed by atoms with Gasteiger partial charge in [0.25, 0.3) is 5.56 Å². The lowest BCUT2D eigenvalue weighted by Crippen LogP contribution is -2.48. The van der Waals surface area contributed by atoms with Crippen LogP contribution < -0.4 is 10.3 Å². The van der Waals surface area contributed by atoms with Crippen LogP contribution in [0.1, 0.15) is 25.7 Å². The van der Waals surface area contributed by atoms with Crippen LogP contribution in [0.2, 0.25) is 0 Å². The highest BCUT2D eigenvalue weighted by molar-refractivity contribution is 7.90. The van der Waals surface area contributed by atoms with Gasteiger partial charge in [0.2, 0.25) is 0 Å². The Hall–Kier alpha value is -2.81. The summed E-state index contributed by atoms with van der Waals surface area (Å²) in [6, 6.07) is 7.66. The summed E-state index contributed by atoms with van der Waals surface area (Å²) in [6.07, 6.45) is 4.39. The largest absolute Gasteiger partial charge is 0.489 e. The molecule has 2 fully saturated rings. The highest BCUT2D eigenvalue weighted by atomic mass is 32.2. The fourth-order valence-electron chi connectivity index (χ4n) is 4.42. The van der Waals surface area contributed by atoms with Crippen molar-refractivity contribution >= 4 is 15.9 Å². The van der Waals surface area contributed by atoms with Crippen LogP contribution in [0.3, 0.4) is 0 Å². The quantitative estimate of drug-likeness (QED) is 0.788. The van der Waals surface area contributed by atoms with Crippen molar-refractivity contribution in [3.63, 3.8) is 0 Å². The van der Waals surface area contributed by atoms with E-state index in [1.807, 2.05) is 0 Å². The highest BCUT2D eigenvalue weighted by Crippen LogP contribution is 2.38. The number of hydrogen-bond donors (Lipinski definition) is 2. The lowest BCUT2D eigenvalue weighted by atomic mass is 10.00. The van der Waals surface area contributed by atoms with E-state index in [1.165, 1.54) is 23.2 Å². The average Bonchev–Trinajstić information content (AvgIpc) is 2.93. The van der Waals surface area contributed by atoms with E-state index in [0.29, 0.717) is 29.7 Å². The second-order valence-corrected chi connectivity index (χ2v) is 9.64. The Bertz CT molecular complexity index is 1080. The van der Waals surface area contributed by atoms with Crippen molar-refractivity contribution in [1.82, 2.24) is 9.88 Å². The maximum atomic E-state index is 12.5. The number of pyridine rings is 1. The molecule has 2 aliphatic rings. The zero-order valence-electron chi connectivity index (χ0n) is 15.9. The molecule has 3 heterocycles. The van der Waals surface area contributed by atoms with Crippen LogP contribution in [-0.4, -0.2) is 53.9 Å². The first-order valence-corrected chi connectivity index (χ1v) is 11.3. The first kappa shape index (κ1) is 19.5. The predicted molar refractivity (Wildman–Crippen MR) is 106 cm³/mol. The molecule has 1 amide bonds. The van der Waals surface area contributed by atoms with E-state index in [2.05, 4.69) is 4.98 Å². The summed E-state index contributed by atoms with van der Waals surface area (Å²) in [7, 11) is -3.33. The van der Waals surface area contributed by atoms with Crippen LogP contribution in [-0.2, 0) is 9.84 Å². The minimum absolute atomic E-state index is 0.0595. The molecule has 4 rings (SSSR count). The normalized spacial score (nSPS) is 23.8. The van der Waals surface area contributed by atoms with Crippen LogP contribution in [0.15, 0.2) is 46.2 Å². The Morgan fingerprint density at radius 2 is 1.76 bits per heavy atom. The number of rotatable bonds is 4. The van der Waals surface area contributed by atoms with Crippen LogP contribution in [0.4, 0.5) is 4.79 Å². The SMILES string of the molecule is CS(=O)(=O)c1ccc(-c2c(OC3CC4CCC(C3)N4C(=O)O)cc[nH]c2=O)cc1. The number of sulfone groups is 1. The standard InChI is InChI=1S/C20H22N2O6S/c1-29(26,27)16-6-2-12(3-7-16)18-17(8-9-21-19(18)23)28-15-10-13-4-5-14(11-15)22(13)20(24)25/h2-3,6-9,13-15H,4-5,10-11H2,1H3,(H,21,23)(H,24,25). The van der Waals surface area contributed by atoms with Gasteiger partial charge in [0.1, 0.15) is 11.9 Å². The summed E-state index contributed by atoms with van der Waals surface area (Å²) < 4.78 is 29.5. The van der Waals surface area contributed by atoms with Gasteiger partial charge in [0, 0.05) is 37.4 Å². The average molecular weight is 418 g/mol. The van der Waals surface area contributed by atoms with E-state index < -0.39 is 15.9 Å². The number of nitrogens with one attached hydrogen (secondary N) is 1. The van der Waals surface area contributed by atoms with Gasteiger partial charge in [-0.05, 0) is 36.6 Å². The van der Waals surface area contributed by atoms with Crippen molar-refractivity contribution in [2.45, 2.75) is 48.8 Å². The lowest BCUT2D eigenvalue weighted by Gasteiger charge is -2.37. The lowest BCUT2D eigenvalue weighted by molar-refractivity contribution is 0.0497. The monoisotopic (exact) mass is 418 g/mol. The number of nitrogens with zero attached hydrogens (tertiary/aromatic N) is 1. The van der Waals surface area contributed by atoms with Gasteiger partial charge in [-0.25, -0.2) is 13.2 Å². The number of carboxylic acid groups (broad SMARTS) is 1. The summed E-state index contributed by atoms with van der Waals surface area (Å²) in [4.78, 5) is 28.3. The first-order chi connectivity index (χ1) is 13.7. The number of carbonyl (C=O) groups is 1. The minimum Gasteiger partial charge on any atom is -0.489 e. The number of amides is 1. The van der Waals surface area contributed by atoms with Gasteiger partial charge in [0.05, 0.1) is 10.5 Å². The third-order valence-electron chi connectivity index (χ3n) is 5.70. The number of benzene rings is 1. The summed E-state index contributed by atoms with van der Waals surface area (Å²) in [5.41, 5.74) is 0.557. The molecule has 0 spiro atoms. The molecule has 9 heteroatoms. The fraction of sp³-hybridized carbons (Fsp3) is 0.400. The van der Waals surface area contributed by atoms with Crippen LogP contribution in [0, 0.1) is 0 Å². The number of hydrogen-bond acceptors (Lipinski definition) is 5. The second-order valence-electron chi connectivity index (χ2n) is 7.63. The summed E-state index contributed by atoms with van der Waals surface area (Å²) >= 11 is 0. The summed E-state index contributed by atoms with van der Waals surface area (Å²) in [5, 5.41) is 9.40. The van der Waals surface area contributed by atoms with Gasteiger partial charge in [-0.1, -0.05) is 12.1 Å². The van der Waals surface area contributed by atoms with Crippen LogP contribution in [0.5, 0.6) is 5.75 Å². The molecule has 1 aromatic heterocycles. The molecule has 2 aliphatic heterocycles. The van der Waals surface area contributed by atoms with Gasteiger partial charge in [-0.2, -0.15) is 0 Å². The molecule has 0 aliphatic carbocycles. The molecule has 1 aromatic carbocycles. The third kappa shape index (κ3) is 3.74. The zero-order valence-corrected chi connectivity index (χ0v) is 16.7. The Morgan fingerprint density at radius 3 is 2.31 bits per heavy atom. The molecule has 29 heavy (non-hydrogen) atoms. The third-order valence-corrected chi connectivity index (χ3v) is 6.83. The number of H-pyrrole nitrogens is 1. The van der Waals surface area contributed by atoms with Crippen molar-refractivity contribution in [2.24, 2.45) is 0 Å². The molecular formula is C20H22N2O6S. The second kappa shape index (κ2) is 7.22. The van der Waals surface area contributed by atoms with E-state index in [4.69, 9.17) is 4.74 Å². The maximum Gasteiger partial charge on any atom is 0.407 e. The number of piperidine rings is 1. The Labute approximate surface area is 168 Å². The molecule has 0 saturated carbocycles. The molecule has 2 saturated heterocycles. The Balaban J connectivity index is 1.61. The van der Waals surface area contributed by atoms with E-state index in [9.17, 15) is 23.1 Å². The van der Waals surface area contributed by atoms with E-state index in [-0.39, 0.29) is 28.6 Å². The molecular weight excluding hydrogens is 396 g/mol. The minimum atomic E-state index is -3.33. The Morgan fingerprint density at radius 1 is 1.14 bits per heavy atom. The van der Waals surface area contributed by atoms with Crippen molar-refractivity contribution in [1.29, 1.82) is 0 Å². The maximum absolute atomic E-state index is 12.5. The van der Waals surface area contributed by atoms with Gasteiger partial charge >= 0.3 is 6.09 Å². The number of ether oxygens (including phenoxy) is 1. The highest BCUT2D eigenvalue weighted by Gasteiger charge is 2.44. The van der Waals surface area contributed by atoms with Crippen LogP contribution in [0.25, 0.3) is 11.1 Å². The molecule has 2 bridgehead atoms. The summed E-state index contributed by atoms with van der Waals surface area (Å²) in [5.74, 6) is 0.411. The fourth-order valence-corrected chi connectivity index (χ4v) is 5.05. The topological polar surface area (TPSA) is 117 Å². The number of fused-ring (bicyclic) bond motifs is 2. The molecule has 154 valence electrons.